The Labute approximate surface area is 159 Å². The minimum absolute atomic E-state index is 0.273. The molecule has 2 aromatic carbocycles. The fourth-order valence-corrected chi connectivity index (χ4v) is 6.63. The highest BCUT2D eigenvalue weighted by Crippen LogP contribution is 2.69. The molecule has 0 N–H and O–H groups in total. The average molecular weight is 413 g/mol. The third-order valence-corrected chi connectivity index (χ3v) is 7.71. The topological polar surface area (TPSA) is 52.6 Å². The van der Waals surface area contributed by atoms with E-state index in [1.807, 2.05) is 43.3 Å². The highest BCUT2D eigenvalue weighted by atomic mass is 79.9. The van der Waals surface area contributed by atoms with Gasteiger partial charge >= 0.3 is 11.9 Å². The Bertz CT molecular complexity index is 920. The van der Waals surface area contributed by atoms with Crippen LogP contribution in [0.5, 0.6) is 0 Å². The smallest absolute Gasteiger partial charge is 0.332 e. The second-order valence-electron chi connectivity index (χ2n) is 7.26. The van der Waals surface area contributed by atoms with Gasteiger partial charge in [0.1, 0.15) is 10.2 Å². The quantitative estimate of drug-likeness (QED) is 0.431. The van der Waals surface area contributed by atoms with Crippen LogP contribution in [0.4, 0.5) is 0 Å². The van der Waals surface area contributed by atoms with Crippen molar-refractivity contribution in [3.63, 3.8) is 0 Å². The summed E-state index contributed by atoms with van der Waals surface area (Å²) in [6.07, 6.45) is -0.327. The van der Waals surface area contributed by atoms with Crippen molar-refractivity contribution in [3.05, 3.63) is 70.8 Å². The molecule has 0 aromatic heterocycles. The zero-order valence-corrected chi connectivity index (χ0v) is 15.9. The first-order valence-electron chi connectivity index (χ1n) is 8.65. The first-order valence-corrected chi connectivity index (χ1v) is 9.45. The normalized spacial score (nSPS) is 34.7. The molecule has 0 amide bonds. The van der Waals surface area contributed by atoms with Gasteiger partial charge in [0.05, 0.1) is 11.5 Å². The highest BCUT2D eigenvalue weighted by Gasteiger charge is 2.76. The van der Waals surface area contributed by atoms with Gasteiger partial charge in [-0.05, 0) is 29.2 Å². The first-order chi connectivity index (χ1) is 12.5. The summed E-state index contributed by atoms with van der Waals surface area (Å²) in [6, 6.07) is 16.1. The third-order valence-electron chi connectivity index (χ3n) is 6.47. The summed E-state index contributed by atoms with van der Waals surface area (Å²) in [7, 11) is 1.64. The molecule has 1 fully saturated rings. The molecule has 2 aromatic rings. The molecular weight excluding hydrogens is 396 g/mol. The molecule has 5 heteroatoms. The molecule has 0 spiro atoms. The van der Waals surface area contributed by atoms with Gasteiger partial charge in [-0.25, -0.2) is 4.79 Å². The van der Waals surface area contributed by atoms with Gasteiger partial charge in [-0.2, -0.15) is 0 Å². The fraction of sp³-hybridized carbons (Fsp3) is 0.333. The van der Waals surface area contributed by atoms with Crippen molar-refractivity contribution in [2.24, 2.45) is 5.92 Å². The van der Waals surface area contributed by atoms with E-state index in [-0.39, 0.29) is 12.0 Å². The first kappa shape index (κ1) is 16.2. The van der Waals surface area contributed by atoms with Crippen molar-refractivity contribution >= 4 is 27.9 Å². The van der Waals surface area contributed by atoms with Gasteiger partial charge in [0.15, 0.2) is 0 Å². The molecule has 26 heavy (non-hydrogen) atoms. The molecule has 1 heterocycles. The molecule has 132 valence electrons. The van der Waals surface area contributed by atoms with Gasteiger partial charge in [0.25, 0.3) is 0 Å². The number of hydrogen-bond donors (Lipinski definition) is 0. The number of ether oxygens (including phenoxy) is 2. The Morgan fingerprint density at radius 2 is 1.58 bits per heavy atom. The van der Waals surface area contributed by atoms with Crippen molar-refractivity contribution < 1.29 is 19.1 Å². The minimum atomic E-state index is -1.11. The van der Waals surface area contributed by atoms with Crippen LogP contribution in [0.25, 0.3) is 0 Å². The van der Waals surface area contributed by atoms with Crippen LogP contribution in [-0.4, -0.2) is 29.5 Å². The molecular formula is C21H17BrO4. The summed E-state index contributed by atoms with van der Waals surface area (Å²) in [5.74, 6) is -1.93. The molecule has 1 aliphatic heterocycles. The van der Waals surface area contributed by atoms with E-state index in [1.54, 1.807) is 7.11 Å². The van der Waals surface area contributed by atoms with Gasteiger partial charge in [0, 0.05) is 13.0 Å². The summed E-state index contributed by atoms with van der Waals surface area (Å²) in [4.78, 5) is 25.8. The van der Waals surface area contributed by atoms with Crippen molar-refractivity contribution in [2.75, 3.05) is 7.11 Å². The standard InChI is InChI=1S/C21H17BrO4/c1-11(25-2)20-14-9-5-3-7-12(14)16(13-8-4-6-10-15(13)20)21(22)17(20)18(23)26-19(21)24/h3-11,16-17H,1-2H3. The van der Waals surface area contributed by atoms with Gasteiger partial charge in [-0.3, -0.25) is 4.79 Å². The Morgan fingerprint density at radius 1 is 1.04 bits per heavy atom. The van der Waals surface area contributed by atoms with Crippen LogP contribution >= 0.6 is 15.9 Å². The summed E-state index contributed by atoms with van der Waals surface area (Å²) in [5, 5.41) is 0. The zero-order chi connectivity index (χ0) is 18.3. The van der Waals surface area contributed by atoms with Gasteiger partial charge < -0.3 is 9.47 Å². The number of cyclic esters (lactones) is 2. The number of esters is 2. The van der Waals surface area contributed by atoms with Gasteiger partial charge in [0.2, 0.25) is 0 Å². The van der Waals surface area contributed by atoms with E-state index < -0.39 is 27.6 Å². The van der Waals surface area contributed by atoms with Gasteiger partial charge in [-0.1, -0.05) is 64.5 Å². The fourth-order valence-electron chi connectivity index (χ4n) is 5.51. The number of rotatable bonds is 2. The van der Waals surface area contributed by atoms with Crippen LogP contribution in [-0.2, 0) is 24.5 Å². The summed E-state index contributed by atoms with van der Waals surface area (Å²) in [5.41, 5.74) is 3.41. The molecule has 3 unspecified atom stereocenters. The van der Waals surface area contributed by atoms with Crippen LogP contribution in [0.2, 0.25) is 0 Å². The van der Waals surface area contributed by atoms with Crippen LogP contribution in [0.1, 0.15) is 35.1 Å². The molecule has 6 rings (SSSR count). The lowest BCUT2D eigenvalue weighted by Crippen LogP contribution is -2.64. The lowest BCUT2D eigenvalue weighted by Gasteiger charge is -2.58. The Hall–Kier alpha value is -1.98. The molecule has 4 aliphatic rings. The second kappa shape index (κ2) is 5.05. The van der Waals surface area contributed by atoms with Crippen LogP contribution in [0.15, 0.2) is 48.5 Å². The Kier molecular flexibility index (Phi) is 3.15. The number of alkyl halides is 1. The average Bonchev–Trinajstić information content (AvgIpc) is 2.90. The predicted octanol–water partition coefficient (Wildman–Crippen LogP) is 3.30. The van der Waals surface area contributed by atoms with E-state index in [0.29, 0.717) is 0 Å². The lowest BCUT2D eigenvalue weighted by molar-refractivity contribution is -0.154. The minimum Gasteiger partial charge on any atom is -0.392 e. The van der Waals surface area contributed by atoms with Crippen molar-refractivity contribution in [2.45, 2.75) is 28.7 Å². The summed E-state index contributed by atoms with van der Waals surface area (Å²) in [6.45, 7) is 1.96. The summed E-state index contributed by atoms with van der Waals surface area (Å²) >= 11 is 3.71. The van der Waals surface area contributed by atoms with E-state index in [4.69, 9.17) is 9.47 Å². The van der Waals surface area contributed by atoms with E-state index in [9.17, 15) is 9.59 Å². The predicted molar refractivity (Wildman–Crippen MR) is 98.2 cm³/mol. The molecule has 4 nitrogen and oxygen atoms in total. The van der Waals surface area contributed by atoms with E-state index in [1.165, 1.54) is 0 Å². The number of benzene rings is 2. The maximum Gasteiger partial charge on any atom is 0.332 e. The largest absolute Gasteiger partial charge is 0.392 e. The molecule has 3 aliphatic carbocycles. The maximum absolute atomic E-state index is 12.9. The SMILES string of the molecule is COC(C)C12c3ccccc3C(c3ccccc31)C1(Br)C(=O)OC(=O)C12. The number of methoxy groups -OCH3 is 1. The van der Waals surface area contributed by atoms with Crippen molar-refractivity contribution in [1.29, 1.82) is 0 Å². The molecule has 3 atom stereocenters. The Morgan fingerprint density at radius 3 is 2.12 bits per heavy atom. The van der Waals surface area contributed by atoms with Gasteiger partial charge in [-0.15, -0.1) is 0 Å². The van der Waals surface area contributed by atoms with Crippen LogP contribution < -0.4 is 0 Å². The number of halogens is 1. The molecule has 1 saturated heterocycles. The Balaban J connectivity index is 2.00. The van der Waals surface area contributed by atoms with E-state index in [0.717, 1.165) is 22.3 Å². The monoisotopic (exact) mass is 412 g/mol. The number of carbonyl (C=O) groups is 2. The maximum atomic E-state index is 12.9. The van der Waals surface area contributed by atoms with E-state index in [2.05, 4.69) is 28.1 Å². The second-order valence-corrected chi connectivity index (χ2v) is 8.58. The van der Waals surface area contributed by atoms with Crippen LogP contribution in [0, 0.1) is 5.92 Å². The van der Waals surface area contributed by atoms with Crippen molar-refractivity contribution in [1.82, 2.24) is 0 Å². The number of carbonyl (C=O) groups excluding carboxylic acids is 2. The highest BCUT2D eigenvalue weighted by molar-refractivity contribution is 9.10. The van der Waals surface area contributed by atoms with Crippen molar-refractivity contribution in [3.8, 4) is 0 Å². The lowest BCUT2D eigenvalue weighted by atomic mass is 9.45. The zero-order valence-electron chi connectivity index (χ0n) is 14.4. The number of hydrogen-bond acceptors (Lipinski definition) is 4. The molecule has 2 bridgehead atoms. The molecule has 0 saturated carbocycles. The molecule has 0 radical (unpaired) electrons. The summed E-state index contributed by atoms with van der Waals surface area (Å²) < 4.78 is 9.90. The van der Waals surface area contributed by atoms with E-state index >= 15 is 0 Å². The third kappa shape index (κ3) is 1.52. The van der Waals surface area contributed by atoms with Crippen LogP contribution in [0.3, 0.4) is 0 Å².